The highest BCUT2D eigenvalue weighted by molar-refractivity contribution is 7.89. The summed E-state index contributed by atoms with van der Waals surface area (Å²) in [6.45, 7) is 6.00. The van der Waals surface area contributed by atoms with Gasteiger partial charge in [0.2, 0.25) is 15.9 Å². The molecule has 1 aliphatic heterocycles. The Morgan fingerprint density at radius 3 is 2.48 bits per heavy atom. The van der Waals surface area contributed by atoms with Crippen molar-refractivity contribution in [1.82, 2.24) is 9.62 Å². The number of morpholine rings is 1. The largest absolute Gasteiger partial charge is 0.378 e. The summed E-state index contributed by atoms with van der Waals surface area (Å²) in [6, 6.07) is 4.62. The quantitative estimate of drug-likeness (QED) is 0.802. The molecule has 27 heavy (non-hydrogen) atoms. The normalized spacial score (nSPS) is 19.0. The SMILES string of the molecule is CC(C)C[C@H](NS(=O)(=O)c1ccc2c(c1)CCCC2)C(=O)N1CCOCC1. The highest BCUT2D eigenvalue weighted by Crippen LogP contribution is 2.24. The number of hydrogen-bond donors (Lipinski definition) is 1. The van der Waals surface area contributed by atoms with Crippen molar-refractivity contribution in [3.8, 4) is 0 Å². The lowest BCUT2D eigenvalue weighted by Crippen LogP contribution is -2.52. The lowest BCUT2D eigenvalue weighted by Gasteiger charge is -2.31. The van der Waals surface area contributed by atoms with E-state index in [1.54, 1.807) is 17.0 Å². The number of aryl methyl sites for hydroxylation is 2. The molecule has 6 nitrogen and oxygen atoms in total. The second-order valence-electron chi connectivity index (χ2n) is 7.88. The van der Waals surface area contributed by atoms with Crippen LogP contribution in [0.15, 0.2) is 23.1 Å². The van der Waals surface area contributed by atoms with Crippen LogP contribution in [0.5, 0.6) is 0 Å². The summed E-state index contributed by atoms with van der Waals surface area (Å²) in [4.78, 5) is 14.9. The molecular weight excluding hydrogens is 364 g/mol. The Bertz CT molecular complexity index is 770. The Labute approximate surface area is 162 Å². The van der Waals surface area contributed by atoms with Gasteiger partial charge in [0.1, 0.15) is 6.04 Å². The average Bonchev–Trinajstić information content (AvgIpc) is 2.66. The zero-order valence-corrected chi connectivity index (χ0v) is 17.1. The predicted octanol–water partition coefficient (Wildman–Crippen LogP) is 2.12. The van der Waals surface area contributed by atoms with Gasteiger partial charge in [-0.3, -0.25) is 4.79 Å². The van der Waals surface area contributed by atoms with Crippen molar-refractivity contribution in [2.24, 2.45) is 5.92 Å². The van der Waals surface area contributed by atoms with Crippen LogP contribution < -0.4 is 4.72 Å². The maximum Gasteiger partial charge on any atom is 0.241 e. The van der Waals surface area contributed by atoms with Gasteiger partial charge >= 0.3 is 0 Å². The number of carbonyl (C=O) groups excluding carboxylic acids is 1. The van der Waals surface area contributed by atoms with Gasteiger partial charge in [-0.1, -0.05) is 19.9 Å². The maximum absolute atomic E-state index is 13.0. The Hall–Kier alpha value is -1.44. The van der Waals surface area contributed by atoms with Crippen LogP contribution in [0, 0.1) is 5.92 Å². The molecule has 1 N–H and O–H groups in total. The number of nitrogens with one attached hydrogen (secondary N) is 1. The van der Waals surface area contributed by atoms with Gasteiger partial charge in [-0.15, -0.1) is 0 Å². The zero-order chi connectivity index (χ0) is 19.4. The van der Waals surface area contributed by atoms with E-state index in [2.05, 4.69) is 4.72 Å². The van der Waals surface area contributed by atoms with Gasteiger partial charge in [0.05, 0.1) is 18.1 Å². The number of hydrogen-bond acceptors (Lipinski definition) is 4. The number of carbonyl (C=O) groups is 1. The summed E-state index contributed by atoms with van der Waals surface area (Å²) >= 11 is 0. The molecule has 0 radical (unpaired) electrons. The number of fused-ring (bicyclic) bond motifs is 1. The van der Waals surface area contributed by atoms with Crippen molar-refractivity contribution in [3.63, 3.8) is 0 Å². The third kappa shape index (κ3) is 5.09. The highest BCUT2D eigenvalue weighted by Gasteiger charge is 2.31. The van der Waals surface area contributed by atoms with Crippen molar-refractivity contribution in [1.29, 1.82) is 0 Å². The van der Waals surface area contributed by atoms with E-state index in [0.717, 1.165) is 31.2 Å². The van der Waals surface area contributed by atoms with Crippen molar-refractivity contribution in [2.75, 3.05) is 26.3 Å². The van der Waals surface area contributed by atoms with Crippen LogP contribution in [0.3, 0.4) is 0 Å². The minimum atomic E-state index is -3.75. The minimum Gasteiger partial charge on any atom is -0.378 e. The number of ether oxygens (including phenoxy) is 1. The molecule has 150 valence electrons. The number of amides is 1. The summed E-state index contributed by atoms with van der Waals surface area (Å²) < 4.78 is 34.0. The molecule has 3 rings (SSSR count). The lowest BCUT2D eigenvalue weighted by atomic mass is 9.92. The monoisotopic (exact) mass is 394 g/mol. The molecule has 0 saturated carbocycles. The predicted molar refractivity (Wildman–Crippen MR) is 104 cm³/mol. The van der Waals surface area contributed by atoms with E-state index in [4.69, 9.17) is 4.74 Å². The van der Waals surface area contributed by atoms with E-state index in [1.807, 2.05) is 19.9 Å². The molecular formula is C20H30N2O4S. The lowest BCUT2D eigenvalue weighted by molar-refractivity contribution is -0.137. The molecule has 1 aliphatic carbocycles. The molecule has 1 saturated heterocycles. The van der Waals surface area contributed by atoms with Crippen molar-refractivity contribution < 1.29 is 17.9 Å². The Morgan fingerprint density at radius 2 is 1.81 bits per heavy atom. The van der Waals surface area contributed by atoms with Crippen LogP contribution in [-0.2, 0) is 32.4 Å². The first-order chi connectivity index (χ1) is 12.9. The Morgan fingerprint density at radius 1 is 1.15 bits per heavy atom. The van der Waals surface area contributed by atoms with Crippen LogP contribution in [0.25, 0.3) is 0 Å². The first-order valence-electron chi connectivity index (χ1n) is 9.87. The fraction of sp³-hybridized carbons (Fsp3) is 0.650. The molecule has 0 bridgehead atoms. The molecule has 7 heteroatoms. The smallest absolute Gasteiger partial charge is 0.241 e. The van der Waals surface area contributed by atoms with E-state index >= 15 is 0 Å². The van der Waals surface area contributed by atoms with E-state index in [0.29, 0.717) is 32.7 Å². The summed E-state index contributed by atoms with van der Waals surface area (Å²) in [5, 5.41) is 0. The molecule has 0 aromatic heterocycles. The van der Waals surface area contributed by atoms with Gasteiger partial charge < -0.3 is 9.64 Å². The second kappa shape index (κ2) is 8.71. The summed E-state index contributed by atoms with van der Waals surface area (Å²) in [5.41, 5.74) is 2.35. The third-order valence-corrected chi connectivity index (χ3v) is 6.72. The molecule has 1 fully saturated rings. The fourth-order valence-electron chi connectivity index (χ4n) is 3.81. The zero-order valence-electron chi connectivity index (χ0n) is 16.2. The summed E-state index contributed by atoms with van der Waals surface area (Å²) in [6.07, 6.45) is 4.65. The van der Waals surface area contributed by atoms with Crippen LogP contribution in [0.4, 0.5) is 0 Å². The maximum atomic E-state index is 13.0. The van der Waals surface area contributed by atoms with Gasteiger partial charge in [-0.05, 0) is 61.3 Å². The van der Waals surface area contributed by atoms with Gasteiger partial charge in [0.25, 0.3) is 0 Å². The molecule has 0 spiro atoms. The number of sulfonamides is 1. The van der Waals surface area contributed by atoms with Crippen molar-refractivity contribution >= 4 is 15.9 Å². The summed E-state index contributed by atoms with van der Waals surface area (Å²) in [7, 11) is -3.75. The summed E-state index contributed by atoms with van der Waals surface area (Å²) in [5.74, 6) is 0.0414. The number of rotatable bonds is 6. The molecule has 1 aromatic rings. The van der Waals surface area contributed by atoms with Crippen LogP contribution in [-0.4, -0.2) is 51.6 Å². The van der Waals surface area contributed by atoms with Crippen molar-refractivity contribution in [2.45, 2.75) is 56.9 Å². The average molecular weight is 395 g/mol. The van der Waals surface area contributed by atoms with E-state index in [9.17, 15) is 13.2 Å². The fourth-order valence-corrected chi connectivity index (χ4v) is 5.06. The first kappa shape index (κ1) is 20.3. The first-order valence-corrected chi connectivity index (χ1v) is 11.4. The minimum absolute atomic E-state index is 0.159. The van der Waals surface area contributed by atoms with Gasteiger partial charge in [0.15, 0.2) is 0 Å². The molecule has 1 amide bonds. The standard InChI is InChI=1S/C20H30N2O4S/c1-15(2)13-19(20(23)22-9-11-26-12-10-22)21-27(24,25)18-8-7-16-5-3-4-6-17(16)14-18/h7-8,14-15,19,21H,3-6,9-13H2,1-2H3/t19-/m0/s1. The molecule has 0 unspecified atom stereocenters. The number of nitrogens with zero attached hydrogens (tertiary/aromatic N) is 1. The molecule has 1 aromatic carbocycles. The molecule has 2 aliphatic rings. The van der Waals surface area contributed by atoms with Crippen molar-refractivity contribution in [3.05, 3.63) is 29.3 Å². The van der Waals surface area contributed by atoms with Gasteiger partial charge in [0, 0.05) is 13.1 Å². The van der Waals surface area contributed by atoms with Crippen LogP contribution in [0.2, 0.25) is 0 Å². The van der Waals surface area contributed by atoms with E-state index in [-0.39, 0.29) is 16.7 Å². The van der Waals surface area contributed by atoms with Crippen LogP contribution in [0.1, 0.15) is 44.2 Å². The van der Waals surface area contributed by atoms with Gasteiger partial charge in [-0.25, -0.2) is 8.42 Å². The topological polar surface area (TPSA) is 75.7 Å². The third-order valence-electron chi connectivity index (χ3n) is 5.26. The number of benzene rings is 1. The van der Waals surface area contributed by atoms with E-state index < -0.39 is 16.1 Å². The Kier molecular flexibility index (Phi) is 6.55. The van der Waals surface area contributed by atoms with E-state index in [1.165, 1.54) is 5.56 Å². The Balaban J connectivity index is 1.80. The second-order valence-corrected chi connectivity index (χ2v) is 9.59. The highest BCUT2D eigenvalue weighted by atomic mass is 32.2. The molecule has 1 heterocycles. The van der Waals surface area contributed by atoms with Gasteiger partial charge in [-0.2, -0.15) is 4.72 Å². The van der Waals surface area contributed by atoms with Crippen LogP contribution >= 0.6 is 0 Å². The molecule has 1 atom stereocenters.